The zero-order valence-electron chi connectivity index (χ0n) is 12.5. The van der Waals surface area contributed by atoms with E-state index in [1.807, 2.05) is 58.0 Å². The maximum Gasteiger partial charge on any atom is 0.310 e. The Morgan fingerprint density at radius 2 is 1.90 bits per heavy atom. The molecule has 20 heavy (non-hydrogen) atoms. The van der Waals surface area contributed by atoms with Crippen molar-refractivity contribution in [2.24, 2.45) is 0 Å². The molecule has 0 amide bonds. The summed E-state index contributed by atoms with van der Waals surface area (Å²) in [6.07, 6.45) is 0.150. The van der Waals surface area contributed by atoms with Crippen molar-refractivity contribution in [3.8, 4) is 0 Å². The Hall–Kier alpha value is -1.39. The van der Waals surface area contributed by atoms with Gasteiger partial charge in [0, 0.05) is 0 Å². The van der Waals surface area contributed by atoms with Crippen molar-refractivity contribution >= 4 is 5.97 Å². The van der Waals surface area contributed by atoms with Gasteiger partial charge in [0.25, 0.3) is 0 Å². The van der Waals surface area contributed by atoms with Crippen LogP contribution >= 0.6 is 0 Å². The maximum absolute atomic E-state index is 11.9. The van der Waals surface area contributed by atoms with Crippen LogP contribution in [0.15, 0.2) is 30.3 Å². The van der Waals surface area contributed by atoms with Crippen LogP contribution in [0.5, 0.6) is 0 Å². The lowest BCUT2D eigenvalue weighted by Gasteiger charge is -2.26. The molecule has 4 nitrogen and oxygen atoms in total. The summed E-state index contributed by atoms with van der Waals surface area (Å²) in [5, 5.41) is 0. The van der Waals surface area contributed by atoms with Crippen LogP contribution in [0.2, 0.25) is 0 Å². The van der Waals surface area contributed by atoms with Crippen LogP contribution in [-0.4, -0.2) is 30.1 Å². The van der Waals surface area contributed by atoms with Gasteiger partial charge in [-0.2, -0.15) is 0 Å². The molecule has 0 N–H and O–H groups in total. The fourth-order valence-corrected chi connectivity index (χ4v) is 2.40. The van der Waals surface area contributed by atoms with Gasteiger partial charge in [0.2, 0.25) is 0 Å². The molecule has 0 spiro atoms. The summed E-state index contributed by atoms with van der Waals surface area (Å²) >= 11 is 0. The first kappa shape index (κ1) is 15.0. The second-order valence-electron chi connectivity index (χ2n) is 5.90. The molecular weight excluding hydrogens is 256 g/mol. The zero-order valence-corrected chi connectivity index (χ0v) is 12.5. The van der Waals surface area contributed by atoms with Gasteiger partial charge in [-0.1, -0.05) is 30.3 Å². The number of carbonyl (C=O) groups is 1. The molecule has 1 saturated heterocycles. The summed E-state index contributed by atoms with van der Waals surface area (Å²) in [6, 6.07) is 9.54. The Balaban J connectivity index is 1.87. The van der Waals surface area contributed by atoms with Crippen molar-refractivity contribution in [3.63, 3.8) is 0 Å². The summed E-state index contributed by atoms with van der Waals surface area (Å²) in [4.78, 5) is 11.9. The summed E-state index contributed by atoms with van der Waals surface area (Å²) in [6.45, 7) is 7.76. The van der Waals surface area contributed by atoms with E-state index in [-0.39, 0.29) is 25.1 Å². The molecule has 0 aromatic heterocycles. The van der Waals surface area contributed by atoms with Gasteiger partial charge in [0.15, 0.2) is 5.79 Å². The smallest absolute Gasteiger partial charge is 0.310 e. The van der Waals surface area contributed by atoms with Crippen molar-refractivity contribution in [3.05, 3.63) is 35.9 Å². The van der Waals surface area contributed by atoms with Crippen molar-refractivity contribution in [2.75, 3.05) is 6.61 Å². The second-order valence-corrected chi connectivity index (χ2v) is 5.90. The lowest BCUT2D eigenvalue weighted by atomic mass is 10.0. The van der Waals surface area contributed by atoms with E-state index in [1.165, 1.54) is 0 Å². The highest BCUT2D eigenvalue weighted by Crippen LogP contribution is 2.36. The first-order valence-corrected chi connectivity index (χ1v) is 6.88. The SMILES string of the molecule is CC1OC(C)(C)OC1(C)COC(=O)Cc1ccccc1. The fraction of sp³-hybridized carbons (Fsp3) is 0.562. The van der Waals surface area contributed by atoms with Crippen LogP contribution in [0.1, 0.15) is 33.3 Å². The summed E-state index contributed by atoms with van der Waals surface area (Å²) in [7, 11) is 0. The number of carbonyl (C=O) groups excluding carboxylic acids is 1. The normalized spacial score (nSPS) is 28.3. The number of ether oxygens (including phenoxy) is 3. The first-order valence-electron chi connectivity index (χ1n) is 6.88. The van der Waals surface area contributed by atoms with Gasteiger partial charge in [0.05, 0.1) is 12.5 Å². The van der Waals surface area contributed by atoms with E-state index in [1.54, 1.807) is 0 Å². The largest absolute Gasteiger partial charge is 0.462 e. The van der Waals surface area contributed by atoms with Gasteiger partial charge in [-0.05, 0) is 33.3 Å². The minimum atomic E-state index is -0.639. The van der Waals surface area contributed by atoms with Crippen LogP contribution in [0.25, 0.3) is 0 Å². The summed E-state index contributed by atoms with van der Waals surface area (Å²) in [5.74, 6) is -0.891. The molecule has 1 aliphatic rings. The zero-order chi connectivity index (χ0) is 14.8. The standard InChI is InChI=1S/C16H22O4/c1-12-16(4,20-15(2,3)19-12)11-18-14(17)10-13-8-6-5-7-9-13/h5-9,12H,10-11H2,1-4H3. The van der Waals surface area contributed by atoms with Crippen molar-refractivity contribution in [1.82, 2.24) is 0 Å². The molecule has 110 valence electrons. The molecule has 1 heterocycles. The van der Waals surface area contributed by atoms with E-state index in [0.717, 1.165) is 5.56 Å². The molecule has 0 aliphatic carbocycles. The van der Waals surface area contributed by atoms with E-state index >= 15 is 0 Å². The third-order valence-corrected chi connectivity index (χ3v) is 3.51. The maximum atomic E-state index is 11.9. The number of hydrogen-bond donors (Lipinski definition) is 0. The van der Waals surface area contributed by atoms with E-state index in [4.69, 9.17) is 14.2 Å². The van der Waals surface area contributed by atoms with Gasteiger partial charge >= 0.3 is 5.97 Å². The molecule has 2 unspecified atom stereocenters. The third kappa shape index (κ3) is 3.58. The highest BCUT2D eigenvalue weighted by atomic mass is 16.8. The van der Waals surface area contributed by atoms with Crippen molar-refractivity contribution in [2.45, 2.75) is 51.6 Å². The average Bonchev–Trinajstić information content (AvgIpc) is 2.57. The first-order chi connectivity index (χ1) is 9.31. The Bertz CT molecular complexity index is 469. The van der Waals surface area contributed by atoms with Crippen molar-refractivity contribution < 1.29 is 19.0 Å². The van der Waals surface area contributed by atoms with Gasteiger partial charge in [0.1, 0.15) is 12.2 Å². The van der Waals surface area contributed by atoms with Crippen LogP contribution in [0, 0.1) is 0 Å². The Morgan fingerprint density at radius 3 is 2.45 bits per heavy atom. The van der Waals surface area contributed by atoms with E-state index in [2.05, 4.69) is 0 Å². The van der Waals surface area contributed by atoms with Crippen LogP contribution in [0.4, 0.5) is 0 Å². The van der Waals surface area contributed by atoms with Gasteiger partial charge in [-0.25, -0.2) is 0 Å². The molecule has 4 heteroatoms. The predicted octanol–water partition coefficient (Wildman–Crippen LogP) is 2.70. The van der Waals surface area contributed by atoms with E-state index in [0.29, 0.717) is 0 Å². The lowest BCUT2D eigenvalue weighted by Crippen LogP contribution is -2.41. The molecule has 0 saturated carbocycles. The van der Waals surface area contributed by atoms with Crippen LogP contribution in [0.3, 0.4) is 0 Å². The number of rotatable bonds is 4. The molecule has 1 aliphatic heterocycles. The number of hydrogen-bond acceptors (Lipinski definition) is 4. The molecule has 1 aromatic rings. The topological polar surface area (TPSA) is 44.8 Å². The van der Waals surface area contributed by atoms with Crippen molar-refractivity contribution in [1.29, 1.82) is 0 Å². The van der Waals surface area contributed by atoms with Gasteiger partial charge in [-0.3, -0.25) is 4.79 Å². The fourth-order valence-electron chi connectivity index (χ4n) is 2.40. The van der Waals surface area contributed by atoms with E-state index in [9.17, 15) is 4.79 Å². The Labute approximate surface area is 120 Å². The quantitative estimate of drug-likeness (QED) is 0.794. The molecule has 1 aromatic carbocycles. The summed E-state index contributed by atoms with van der Waals surface area (Å²) < 4.78 is 16.9. The third-order valence-electron chi connectivity index (χ3n) is 3.51. The van der Waals surface area contributed by atoms with Gasteiger partial charge < -0.3 is 14.2 Å². The highest BCUT2D eigenvalue weighted by Gasteiger charge is 2.48. The predicted molar refractivity (Wildman–Crippen MR) is 75.2 cm³/mol. The molecule has 0 radical (unpaired) electrons. The lowest BCUT2D eigenvalue weighted by molar-refractivity contribution is -0.176. The molecule has 2 atom stereocenters. The van der Waals surface area contributed by atoms with Crippen LogP contribution < -0.4 is 0 Å². The van der Waals surface area contributed by atoms with E-state index < -0.39 is 11.4 Å². The van der Waals surface area contributed by atoms with Crippen LogP contribution in [-0.2, 0) is 25.4 Å². The minimum Gasteiger partial charge on any atom is -0.462 e. The molecule has 1 fully saturated rings. The second kappa shape index (κ2) is 5.54. The minimum absolute atomic E-state index is 0.123. The number of esters is 1. The van der Waals surface area contributed by atoms with Gasteiger partial charge in [-0.15, -0.1) is 0 Å². The Morgan fingerprint density at radius 1 is 1.25 bits per heavy atom. The molecular formula is C16H22O4. The highest BCUT2D eigenvalue weighted by molar-refractivity contribution is 5.72. The number of benzene rings is 1. The average molecular weight is 278 g/mol. The summed E-state index contributed by atoms with van der Waals surface area (Å²) in [5.41, 5.74) is 0.343. The molecule has 2 rings (SSSR count). The Kier molecular flexibility index (Phi) is 4.16. The monoisotopic (exact) mass is 278 g/mol. The molecule has 0 bridgehead atoms.